The van der Waals surface area contributed by atoms with Crippen molar-refractivity contribution in [3.8, 4) is 0 Å². The zero-order valence-electron chi connectivity index (χ0n) is 12.7. The van der Waals surface area contributed by atoms with Gasteiger partial charge < -0.3 is 5.32 Å². The fourth-order valence-corrected chi connectivity index (χ4v) is 2.59. The molecule has 0 aliphatic heterocycles. The fraction of sp³-hybridized carbons (Fsp3) is 0.400. The van der Waals surface area contributed by atoms with Gasteiger partial charge in [-0.25, -0.2) is 9.97 Å². The Labute approximate surface area is 128 Å². The number of rotatable bonds is 4. The largest absolute Gasteiger partial charge is 0.370 e. The van der Waals surface area contributed by atoms with Crippen LogP contribution in [0.5, 0.6) is 0 Å². The van der Waals surface area contributed by atoms with Crippen molar-refractivity contribution in [3.63, 3.8) is 0 Å². The number of carbonyl (C=O) groups excluding carboxylic acids is 1. The van der Waals surface area contributed by atoms with Crippen LogP contribution in [0.1, 0.15) is 43.7 Å². The van der Waals surface area contributed by atoms with Gasteiger partial charge in [-0.1, -0.05) is 20.8 Å². The molecule has 0 spiro atoms. The minimum atomic E-state index is -0.194. The summed E-state index contributed by atoms with van der Waals surface area (Å²) in [5.41, 5.74) is 1.47. The number of anilines is 2. The molecule has 0 aliphatic carbocycles. The third-order valence-corrected chi connectivity index (χ3v) is 3.63. The minimum Gasteiger partial charge on any atom is -0.370 e. The number of pyridine rings is 1. The van der Waals surface area contributed by atoms with Gasteiger partial charge in [0.1, 0.15) is 5.82 Å². The maximum absolute atomic E-state index is 12.1. The van der Waals surface area contributed by atoms with Crippen LogP contribution in [0.25, 0.3) is 0 Å². The van der Waals surface area contributed by atoms with E-state index >= 15 is 0 Å². The smallest absolute Gasteiger partial charge is 0.259 e. The van der Waals surface area contributed by atoms with Gasteiger partial charge in [0.25, 0.3) is 5.91 Å². The molecule has 6 heteroatoms. The summed E-state index contributed by atoms with van der Waals surface area (Å²) in [6.45, 7) is 9.08. The lowest BCUT2D eigenvalue weighted by molar-refractivity contribution is 0.102. The number of hydrogen-bond donors (Lipinski definition) is 2. The standard InChI is InChI=1S/C15H20N4OS/c1-5-16-12-7-6-10(8-17-12)13(20)19-14-18-11(9-21-14)15(2,3)4/h6-9H,5H2,1-4H3,(H,16,17)(H,18,19,20). The summed E-state index contributed by atoms with van der Waals surface area (Å²) in [7, 11) is 0. The molecule has 0 unspecified atom stereocenters. The van der Waals surface area contributed by atoms with Gasteiger partial charge in [-0.2, -0.15) is 0 Å². The number of amides is 1. The highest BCUT2D eigenvalue weighted by molar-refractivity contribution is 7.14. The van der Waals surface area contributed by atoms with Crippen molar-refractivity contribution in [2.75, 3.05) is 17.2 Å². The fourth-order valence-electron chi connectivity index (χ4n) is 1.66. The monoisotopic (exact) mass is 304 g/mol. The molecule has 21 heavy (non-hydrogen) atoms. The predicted octanol–water partition coefficient (Wildman–Crippen LogP) is 3.52. The Morgan fingerprint density at radius 1 is 1.33 bits per heavy atom. The van der Waals surface area contributed by atoms with E-state index in [1.54, 1.807) is 18.3 Å². The molecule has 2 rings (SSSR count). The quantitative estimate of drug-likeness (QED) is 0.907. The third-order valence-electron chi connectivity index (χ3n) is 2.88. The molecule has 0 radical (unpaired) electrons. The van der Waals surface area contributed by atoms with E-state index in [0.29, 0.717) is 10.7 Å². The zero-order valence-corrected chi connectivity index (χ0v) is 13.5. The summed E-state index contributed by atoms with van der Waals surface area (Å²) < 4.78 is 0. The number of nitrogens with one attached hydrogen (secondary N) is 2. The molecule has 2 aromatic heterocycles. The second kappa shape index (κ2) is 6.22. The van der Waals surface area contributed by atoms with Crippen molar-refractivity contribution in [2.24, 2.45) is 0 Å². The van der Waals surface area contributed by atoms with E-state index in [2.05, 4.69) is 41.4 Å². The highest BCUT2D eigenvalue weighted by Crippen LogP contribution is 2.26. The van der Waals surface area contributed by atoms with Gasteiger partial charge in [-0.05, 0) is 19.1 Å². The Balaban J connectivity index is 2.05. The van der Waals surface area contributed by atoms with E-state index < -0.39 is 0 Å². The van der Waals surface area contributed by atoms with Crippen molar-refractivity contribution >= 4 is 28.2 Å². The van der Waals surface area contributed by atoms with Crippen LogP contribution in [0.15, 0.2) is 23.7 Å². The van der Waals surface area contributed by atoms with Gasteiger partial charge in [0.05, 0.1) is 11.3 Å². The van der Waals surface area contributed by atoms with Crippen molar-refractivity contribution in [1.82, 2.24) is 9.97 Å². The number of nitrogens with zero attached hydrogens (tertiary/aromatic N) is 2. The van der Waals surface area contributed by atoms with Gasteiger partial charge >= 0.3 is 0 Å². The van der Waals surface area contributed by atoms with E-state index in [-0.39, 0.29) is 11.3 Å². The van der Waals surface area contributed by atoms with Crippen molar-refractivity contribution in [3.05, 3.63) is 35.0 Å². The molecule has 0 fully saturated rings. The molecule has 0 atom stereocenters. The Kier molecular flexibility index (Phi) is 4.57. The Morgan fingerprint density at radius 2 is 2.10 bits per heavy atom. The molecule has 5 nitrogen and oxygen atoms in total. The lowest BCUT2D eigenvalue weighted by Crippen LogP contribution is -2.14. The molecule has 0 bridgehead atoms. The van der Waals surface area contributed by atoms with Gasteiger partial charge in [-0.15, -0.1) is 11.3 Å². The first kappa shape index (κ1) is 15.4. The molecule has 0 saturated heterocycles. The van der Waals surface area contributed by atoms with E-state index in [0.717, 1.165) is 18.1 Å². The first-order valence-electron chi connectivity index (χ1n) is 6.87. The number of carbonyl (C=O) groups is 1. The Bertz CT molecular complexity index is 613. The number of thiazole rings is 1. The Hall–Kier alpha value is -1.95. The molecule has 2 N–H and O–H groups in total. The third kappa shape index (κ3) is 4.01. The maximum atomic E-state index is 12.1. The van der Waals surface area contributed by atoms with Crippen LogP contribution in [0, 0.1) is 0 Å². The van der Waals surface area contributed by atoms with Crippen molar-refractivity contribution in [1.29, 1.82) is 0 Å². The normalized spacial score (nSPS) is 11.2. The molecular formula is C15H20N4OS. The number of hydrogen-bond acceptors (Lipinski definition) is 5. The lowest BCUT2D eigenvalue weighted by atomic mass is 9.93. The van der Waals surface area contributed by atoms with Gasteiger partial charge in [-0.3, -0.25) is 10.1 Å². The maximum Gasteiger partial charge on any atom is 0.259 e. The minimum absolute atomic E-state index is 0.0193. The lowest BCUT2D eigenvalue weighted by Gasteiger charge is -2.14. The molecule has 2 aromatic rings. The first-order chi connectivity index (χ1) is 9.90. The molecule has 1 amide bonds. The van der Waals surface area contributed by atoms with Crippen LogP contribution in [-0.2, 0) is 5.41 Å². The van der Waals surface area contributed by atoms with Crippen LogP contribution in [-0.4, -0.2) is 22.4 Å². The highest BCUT2D eigenvalue weighted by Gasteiger charge is 2.18. The van der Waals surface area contributed by atoms with E-state index in [9.17, 15) is 4.79 Å². The molecular weight excluding hydrogens is 284 g/mol. The van der Waals surface area contributed by atoms with Gasteiger partial charge in [0, 0.05) is 23.5 Å². The van der Waals surface area contributed by atoms with Crippen LogP contribution < -0.4 is 10.6 Å². The van der Waals surface area contributed by atoms with Crippen molar-refractivity contribution in [2.45, 2.75) is 33.1 Å². The van der Waals surface area contributed by atoms with E-state index in [1.165, 1.54) is 11.3 Å². The molecule has 2 heterocycles. The molecule has 0 aliphatic rings. The summed E-state index contributed by atoms with van der Waals surface area (Å²) >= 11 is 1.43. The summed E-state index contributed by atoms with van der Waals surface area (Å²) in [6.07, 6.45) is 1.56. The summed E-state index contributed by atoms with van der Waals surface area (Å²) in [6, 6.07) is 3.54. The average Bonchev–Trinajstić information content (AvgIpc) is 2.88. The average molecular weight is 304 g/mol. The van der Waals surface area contributed by atoms with Crippen molar-refractivity contribution < 1.29 is 4.79 Å². The SMILES string of the molecule is CCNc1ccc(C(=O)Nc2nc(C(C)(C)C)cs2)cn1. The summed E-state index contributed by atoms with van der Waals surface area (Å²) in [4.78, 5) is 20.8. The molecule has 112 valence electrons. The predicted molar refractivity (Wildman–Crippen MR) is 87.2 cm³/mol. The van der Waals surface area contributed by atoms with Gasteiger partial charge in [0.2, 0.25) is 0 Å². The highest BCUT2D eigenvalue weighted by atomic mass is 32.1. The van der Waals surface area contributed by atoms with Crippen LogP contribution in [0.4, 0.5) is 10.9 Å². The number of aromatic nitrogens is 2. The zero-order chi connectivity index (χ0) is 15.5. The first-order valence-corrected chi connectivity index (χ1v) is 7.75. The Morgan fingerprint density at radius 3 is 2.62 bits per heavy atom. The molecule has 0 aromatic carbocycles. The second-order valence-electron chi connectivity index (χ2n) is 5.70. The topological polar surface area (TPSA) is 66.9 Å². The van der Waals surface area contributed by atoms with Gasteiger partial charge in [0.15, 0.2) is 5.13 Å². The molecule has 0 saturated carbocycles. The van der Waals surface area contributed by atoms with E-state index in [1.807, 2.05) is 12.3 Å². The second-order valence-corrected chi connectivity index (χ2v) is 6.56. The summed E-state index contributed by atoms with van der Waals surface area (Å²) in [5, 5.41) is 8.49. The van der Waals surface area contributed by atoms with E-state index in [4.69, 9.17) is 0 Å². The van der Waals surface area contributed by atoms with Crippen LogP contribution >= 0.6 is 11.3 Å². The summed E-state index contributed by atoms with van der Waals surface area (Å²) in [5.74, 6) is 0.568. The van der Waals surface area contributed by atoms with Crippen LogP contribution in [0.2, 0.25) is 0 Å². The van der Waals surface area contributed by atoms with Crippen LogP contribution in [0.3, 0.4) is 0 Å².